The quantitative estimate of drug-likeness (QED) is 0.655. The minimum absolute atomic E-state index is 0.0118. The maximum atomic E-state index is 12.0. The van der Waals surface area contributed by atoms with E-state index in [9.17, 15) is 14.4 Å². The van der Waals surface area contributed by atoms with Gasteiger partial charge in [0.05, 0.1) is 0 Å². The van der Waals surface area contributed by atoms with Crippen molar-refractivity contribution in [2.45, 2.75) is 39.2 Å². The third-order valence-electron chi connectivity index (χ3n) is 3.73. The van der Waals surface area contributed by atoms with Crippen LogP contribution in [-0.4, -0.2) is 47.0 Å². The van der Waals surface area contributed by atoms with Crippen LogP contribution in [0, 0.1) is 11.8 Å². The van der Waals surface area contributed by atoms with Crippen molar-refractivity contribution in [1.82, 2.24) is 10.2 Å². The molecule has 2 atom stereocenters. The zero-order valence-electron chi connectivity index (χ0n) is 12.0. The Morgan fingerprint density at radius 1 is 1.40 bits per heavy atom. The lowest BCUT2D eigenvalue weighted by Crippen LogP contribution is -2.47. The molecule has 0 spiro atoms. The van der Waals surface area contributed by atoms with Crippen molar-refractivity contribution >= 4 is 17.9 Å². The van der Waals surface area contributed by atoms with Gasteiger partial charge in [-0.3, -0.25) is 4.79 Å². The summed E-state index contributed by atoms with van der Waals surface area (Å²) in [5.74, 6) is -0.779. The Kier molecular flexibility index (Phi) is 5.79. The average molecular weight is 285 g/mol. The van der Waals surface area contributed by atoms with Crippen LogP contribution in [-0.2, 0) is 9.59 Å². The number of carboxylic acids is 1. The molecule has 1 aliphatic heterocycles. The first-order chi connectivity index (χ1) is 9.31. The number of amides is 3. The molecular formula is C13H23N3O4. The van der Waals surface area contributed by atoms with Crippen LogP contribution in [0.5, 0.6) is 0 Å². The number of nitrogens with zero attached hydrogens (tertiary/aromatic N) is 1. The van der Waals surface area contributed by atoms with Gasteiger partial charge in [-0.25, -0.2) is 9.59 Å². The summed E-state index contributed by atoms with van der Waals surface area (Å²) in [6.45, 7) is 5.50. The Balaban J connectivity index is 2.50. The van der Waals surface area contributed by atoms with E-state index in [4.69, 9.17) is 10.8 Å². The van der Waals surface area contributed by atoms with Crippen molar-refractivity contribution in [2.24, 2.45) is 17.6 Å². The summed E-state index contributed by atoms with van der Waals surface area (Å²) in [5.41, 5.74) is 4.99. The van der Waals surface area contributed by atoms with E-state index in [0.29, 0.717) is 24.9 Å². The molecule has 1 rings (SSSR count). The first kappa shape index (κ1) is 16.3. The van der Waals surface area contributed by atoms with E-state index >= 15 is 0 Å². The number of nitrogens with two attached hydrogens (primary N) is 1. The lowest BCUT2D eigenvalue weighted by atomic mass is 9.95. The molecule has 20 heavy (non-hydrogen) atoms. The second kappa shape index (κ2) is 7.12. The number of hydrogen-bond donors (Lipinski definition) is 3. The number of carboxylic acid groups (broad SMARTS) is 1. The number of aliphatic carboxylic acids is 1. The predicted molar refractivity (Wildman–Crippen MR) is 72.9 cm³/mol. The van der Waals surface area contributed by atoms with Gasteiger partial charge in [-0.05, 0) is 24.7 Å². The first-order valence-corrected chi connectivity index (χ1v) is 6.87. The zero-order valence-corrected chi connectivity index (χ0v) is 12.0. The minimum atomic E-state index is -1.15. The number of carbonyl (C=O) groups excluding carboxylic acids is 2. The summed E-state index contributed by atoms with van der Waals surface area (Å²) in [5, 5.41) is 11.5. The molecule has 1 heterocycles. The van der Waals surface area contributed by atoms with Gasteiger partial charge in [-0.1, -0.05) is 13.8 Å². The van der Waals surface area contributed by atoms with Crippen LogP contribution in [0.4, 0.5) is 4.79 Å². The fourth-order valence-corrected chi connectivity index (χ4v) is 2.30. The van der Waals surface area contributed by atoms with Gasteiger partial charge in [-0.2, -0.15) is 0 Å². The maximum Gasteiger partial charge on any atom is 0.326 e. The molecule has 7 nitrogen and oxygen atoms in total. The van der Waals surface area contributed by atoms with Crippen molar-refractivity contribution in [2.75, 3.05) is 13.1 Å². The van der Waals surface area contributed by atoms with Gasteiger partial charge in [0.1, 0.15) is 6.04 Å². The number of hydrogen-bond acceptors (Lipinski definition) is 3. The Morgan fingerprint density at radius 2 is 2.05 bits per heavy atom. The van der Waals surface area contributed by atoms with Crippen LogP contribution in [0.2, 0.25) is 0 Å². The van der Waals surface area contributed by atoms with Crippen LogP contribution in [0.3, 0.4) is 0 Å². The van der Waals surface area contributed by atoms with Crippen molar-refractivity contribution in [1.29, 1.82) is 0 Å². The van der Waals surface area contributed by atoms with Crippen LogP contribution in [0.15, 0.2) is 0 Å². The lowest BCUT2D eigenvalue weighted by Gasteiger charge is -2.21. The van der Waals surface area contributed by atoms with Crippen LogP contribution < -0.4 is 11.1 Å². The van der Waals surface area contributed by atoms with Gasteiger partial charge in [0, 0.05) is 19.5 Å². The second-order valence-corrected chi connectivity index (χ2v) is 5.58. The van der Waals surface area contributed by atoms with E-state index in [-0.39, 0.29) is 18.9 Å². The Labute approximate surface area is 118 Å². The van der Waals surface area contributed by atoms with Crippen molar-refractivity contribution in [3.05, 3.63) is 0 Å². The summed E-state index contributed by atoms with van der Waals surface area (Å²) in [4.78, 5) is 35.4. The summed E-state index contributed by atoms with van der Waals surface area (Å²) in [6, 6.07) is -1.46. The van der Waals surface area contributed by atoms with Crippen LogP contribution in [0.25, 0.3) is 0 Å². The highest BCUT2D eigenvalue weighted by molar-refractivity contribution is 5.83. The van der Waals surface area contributed by atoms with Gasteiger partial charge < -0.3 is 21.1 Å². The van der Waals surface area contributed by atoms with Crippen LogP contribution >= 0.6 is 0 Å². The van der Waals surface area contributed by atoms with E-state index in [1.165, 1.54) is 0 Å². The third kappa shape index (κ3) is 4.71. The Hall–Kier alpha value is -1.79. The number of nitrogens with one attached hydrogen (secondary N) is 1. The highest BCUT2D eigenvalue weighted by Crippen LogP contribution is 2.23. The predicted octanol–water partition coefficient (Wildman–Crippen LogP) is 0.393. The summed E-state index contributed by atoms with van der Waals surface area (Å²) in [7, 11) is 0. The molecule has 0 bridgehead atoms. The molecule has 0 aromatic carbocycles. The summed E-state index contributed by atoms with van der Waals surface area (Å²) >= 11 is 0. The standard InChI is InChI=1S/C13H23N3O4/c1-8(2)9-5-6-16(7-9)13(20)15-10(12(18)19)3-4-11(14)17/h8-10H,3-7H2,1-2H3,(H2,14,17)(H,15,20)(H,18,19). The molecule has 1 saturated heterocycles. The highest BCUT2D eigenvalue weighted by atomic mass is 16.4. The van der Waals surface area contributed by atoms with E-state index in [0.717, 1.165) is 6.42 Å². The molecule has 2 unspecified atom stereocenters. The first-order valence-electron chi connectivity index (χ1n) is 6.87. The molecule has 0 saturated carbocycles. The fourth-order valence-electron chi connectivity index (χ4n) is 2.30. The Bertz CT molecular complexity index is 384. The minimum Gasteiger partial charge on any atom is -0.480 e. The molecule has 1 fully saturated rings. The maximum absolute atomic E-state index is 12.0. The molecule has 114 valence electrons. The number of primary amides is 1. The monoisotopic (exact) mass is 285 g/mol. The number of urea groups is 1. The van der Waals surface area contributed by atoms with Crippen molar-refractivity contribution in [3.63, 3.8) is 0 Å². The Morgan fingerprint density at radius 3 is 2.50 bits per heavy atom. The third-order valence-corrected chi connectivity index (χ3v) is 3.73. The van der Waals surface area contributed by atoms with E-state index in [2.05, 4.69) is 19.2 Å². The lowest BCUT2D eigenvalue weighted by molar-refractivity contribution is -0.139. The van der Waals surface area contributed by atoms with Gasteiger partial charge in [0.25, 0.3) is 0 Å². The summed E-state index contributed by atoms with van der Waals surface area (Å²) < 4.78 is 0. The largest absolute Gasteiger partial charge is 0.480 e. The van der Waals surface area contributed by atoms with E-state index < -0.39 is 17.9 Å². The number of rotatable bonds is 6. The van der Waals surface area contributed by atoms with Crippen LogP contribution in [0.1, 0.15) is 33.1 Å². The normalized spacial score (nSPS) is 19.9. The van der Waals surface area contributed by atoms with Crippen molar-refractivity contribution < 1.29 is 19.5 Å². The van der Waals surface area contributed by atoms with Gasteiger partial charge >= 0.3 is 12.0 Å². The smallest absolute Gasteiger partial charge is 0.326 e. The fraction of sp³-hybridized carbons (Fsp3) is 0.769. The zero-order chi connectivity index (χ0) is 15.3. The average Bonchev–Trinajstić information content (AvgIpc) is 2.83. The topological polar surface area (TPSA) is 113 Å². The number of likely N-dealkylation sites (tertiary alicyclic amines) is 1. The SMILES string of the molecule is CC(C)C1CCN(C(=O)NC(CCC(N)=O)C(=O)O)C1. The van der Waals surface area contributed by atoms with E-state index in [1.807, 2.05) is 0 Å². The molecule has 4 N–H and O–H groups in total. The van der Waals surface area contributed by atoms with Gasteiger partial charge in [0.2, 0.25) is 5.91 Å². The molecule has 0 aromatic heterocycles. The van der Waals surface area contributed by atoms with Gasteiger partial charge in [-0.15, -0.1) is 0 Å². The molecule has 0 aromatic rings. The molecule has 1 aliphatic rings. The molecule has 0 radical (unpaired) electrons. The summed E-state index contributed by atoms with van der Waals surface area (Å²) in [6.07, 6.45) is 0.883. The second-order valence-electron chi connectivity index (χ2n) is 5.58. The van der Waals surface area contributed by atoms with Crippen molar-refractivity contribution in [3.8, 4) is 0 Å². The van der Waals surface area contributed by atoms with E-state index in [1.54, 1.807) is 4.90 Å². The highest BCUT2D eigenvalue weighted by Gasteiger charge is 2.30. The molecular weight excluding hydrogens is 262 g/mol. The molecule has 0 aliphatic carbocycles. The molecule has 7 heteroatoms. The van der Waals surface area contributed by atoms with Gasteiger partial charge in [0.15, 0.2) is 0 Å². The number of carbonyl (C=O) groups is 3. The molecule has 3 amide bonds.